The van der Waals surface area contributed by atoms with Gasteiger partial charge in [-0.15, -0.1) is 0 Å². The van der Waals surface area contributed by atoms with Crippen LogP contribution in [0.5, 0.6) is 5.75 Å². The lowest BCUT2D eigenvalue weighted by Gasteiger charge is -2.43. The number of rotatable bonds is 11. The predicted molar refractivity (Wildman–Crippen MR) is 189 cm³/mol. The molecule has 0 aliphatic rings. The first-order valence-corrected chi connectivity index (χ1v) is 16.5. The third-order valence-corrected chi connectivity index (χ3v) is 7.24. The topological polar surface area (TPSA) is 134 Å². The van der Waals surface area contributed by atoms with Crippen LogP contribution in [0.1, 0.15) is 85.0 Å². The Kier molecular flexibility index (Phi) is 12.6. The van der Waals surface area contributed by atoms with Crippen molar-refractivity contribution in [3.63, 3.8) is 0 Å². The Morgan fingerprint density at radius 1 is 0.653 bits per heavy atom. The van der Waals surface area contributed by atoms with Gasteiger partial charge in [-0.1, -0.05) is 72.8 Å². The number of esters is 1. The van der Waals surface area contributed by atoms with Gasteiger partial charge in [-0.3, -0.25) is 9.59 Å². The third kappa shape index (κ3) is 12.3. The zero-order valence-corrected chi connectivity index (χ0v) is 30.1. The highest BCUT2D eigenvalue weighted by Gasteiger charge is 2.43. The molecule has 49 heavy (non-hydrogen) atoms. The Balaban J connectivity index is 2.12. The first-order valence-electron chi connectivity index (χ1n) is 16.5. The number of alkyl carbamates (subject to hydrolysis) is 1. The number of aromatic hydroxyl groups is 1. The van der Waals surface area contributed by atoms with Gasteiger partial charge in [0.2, 0.25) is 11.8 Å². The molecule has 3 atom stereocenters. The Bertz CT molecular complexity index is 1550. The van der Waals surface area contributed by atoms with Crippen LogP contribution >= 0.6 is 0 Å². The summed E-state index contributed by atoms with van der Waals surface area (Å²) in [5.41, 5.74) is -0.659. The number of ether oxygens (including phenoxy) is 2. The number of benzene rings is 3. The minimum Gasteiger partial charge on any atom is -0.508 e. The molecule has 0 saturated heterocycles. The van der Waals surface area contributed by atoms with Gasteiger partial charge >= 0.3 is 12.1 Å². The van der Waals surface area contributed by atoms with Gasteiger partial charge in [0.15, 0.2) is 0 Å². The van der Waals surface area contributed by atoms with E-state index in [1.54, 1.807) is 74.4 Å². The fourth-order valence-corrected chi connectivity index (χ4v) is 5.25. The van der Waals surface area contributed by atoms with Crippen molar-refractivity contribution in [3.05, 3.63) is 102 Å². The minimum absolute atomic E-state index is 0.0270. The minimum atomic E-state index is -1.28. The molecule has 3 N–H and O–H groups in total. The van der Waals surface area contributed by atoms with Crippen molar-refractivity contribution in [1.29, 1.82) is 0 Å². The first-order chi connectivity index (χ1) is 22.7. The summed E-state index contributed by atoms with van der Waals surface area (Å²) in [6.07, 6.45) is -0.525. The van der Waals surface area contributed by atoms with Crippen molar-refractivity contribution < 1.29 is 33.8 Å². The second kappa shape index (κ2) is 16.0. The van der Waals surface area contributed by atoms with Crippen molar-refractivity contribution >= 4 is 23.9 Å². The summed E-state index contributed by atoms with van der Waals surface area (Å²) in [4.78, 5) is 57.5. The van der Waals surface area contributed by atoms with Gasteiger partial charge < -0.3 is 30.1 Å². The van der Waals surface area contributed by atoms with Crippen molar-refractivity contribution in [1.82, 2.24) is 15.5 Å². The molecule has 3 unspecified atom stereocenters. The number of hydrogen-bond acceptors (Lipinski definition) is 7. The van der Waals surface area contributed by atoms with E-state index in [9.17, 15) is 24.3 Å². The lowest BCUT2D eigenvalue weighted by atomic mass is 9.93. The number of carbonyl (C=O) groups excluding carboxylic acids is 4. The monoisotopic (exact) mass is 673 g/mol. The van der Waals surface area contributed by atoms with Gasteiger partial charge in [0.05, 0.1) is 0 Å². The largest absolute Gasteiger partial charge is 0.508 e. The van der Waals surface area contributed by atoms with E-state index in [2.05, 4.69) is 10.6 Å². The molecule has 3 amide bonds. The van der Waals surface area contributed by atoms with Gasteiger partial charge in [0.25, 0.3) is 0 Å². The van der Waals surface area contributed by atoms with E-state index in [-0.39, 0.29) is 18.6 Å². The fraction of sp³-hybridized carbons (Fsp3) is 0.436. The normalized spacial score (nSPS) is 13.7. The lowest BCUT2D eigenvalue weighted by Crippen LogP contribution is -2.60. The van der Waals surface area contributed by atoms with E-state index in [1.807, 2.05) is 60.7 Å². The van der Waals surface area contributed by atoms with Crippen LogP contribution in [0, 0.1) is 0 Å². The van der Waals surface area contributed by atoms with Gasteiger partial charge in [-0.25, -0.2) is 9.59 Å². The molecular weight excluding hydrogens is 622 g/mol. The maximum absolute atomic E-state index is 14.8. The van der Waals surface area contributed by atoms with Crippen LogP contribution in [0.15, 0.2) is 84.9 Å². The van der Waals surface area contributed by atoms with Crippen LogP contribution in [-0.2, 0) is 36.7 Å². The highest BCUT2D eigenvalue weighted by molar-refractivity contribution is 5.94. The molecule has 0 bridgehead atoms. The van der Waals surface area contributed by atoms with Gasteiger partial charge in [0, 0.05) is 18.4 Å². The highest BCUT2D eigenvalue weighted by atomic mass is 16.6. The number of phenols is 1. The standard InChI is InChI=1S/C39H51N3O7/c1-37(2,3)42(34(45)30(24-26-16-12-10-13-17-26)41-36(47)49-39(7,8)9)32(28-20-22-29(43)23-21-28)33(44)40-31(35(46)48-38(4,5)6)25-27-18-14-11-15-19-27/h10-23,30-32,43H,24-25H2,1-9H3,(H,40,44)(H,41,47). The third-order valence-electron chi connectivity index (χ3n) is 7.24. The molecule has 0 aromatic heterocycles. The van der Waals surface area contributed by atoms with Crippen LogP contribution in [0.25, 0.3) is 0 Å². The second-order valence-corrected chi connectivity index (χ2v) is 15.0. The summed E-state index contributed by atoms with van der Waals surface area (Å²) in [6, 6.07) is 20.9. The van der Waals surface area contributed by atoms with E-state index in [4.69, 9.17) is 9.47 Å². The van der Waals surface area contributed by atoms with E-state index in [0.717, 1.165) is 11.1 Å². The molecule has 0 heterocycles. The van der Waals surface area contributed by atoms with Gasteiger partial charge in [0.1, 0.15) is 35.1 Å². The van der Waals surface area contributed by atoms with E-state index in [1.165, 1.54) is 17.0 Å². The zero-order valence-electron chi connectivity index (χ0n) is 30.1. The number of hydrogen-bond donors (Lipinski definition) is 3. The maximum Gasteiger partial charge on any atom is 0.408 e. The first kappa shape index (κ1) is 38.6. The molecule has 10 heteroatoms. The molecule has 0 aliphatic heterocycles. The molecule has 264 valence electrons. The molecule has 3 aromatic rings. The number of carbonyl (C=O) groups is 4. The van der Waals surface area contributed by atoms with Crippen LogP contribution in [-0.4, -0.2) is 62.7 Å². The molecule has 3 aromatic carbocycles. The van der Waals surface area contributed by atoms with Crippen LogP contribution in [0.3, 0.4) is 0 Å². The maximum atomic E-state index is 14.8. The predicted octanol–water partition coefficient (Wildman–Crippen LogP) is 6.27. The summed E-state index contributed by atoms with van der Waals surface area (Å²) < 4.78 is 11.2. The summed E-state index contributed by atoms with van der Waals surface area (Å²) in [6.45, 7) is 15.8. The highest BCUT2D eigenvalue weighted by Crippen LogP contribution is 2.32. The number of nitrogens with zero attached hydrogens (tertiary/aromatic N) is 1. The Labute approximate surface area is 290 Å². The Morgan fingerprint density at radius 3 is 1.57 bits per heavy atom. The number of phenolic OH excluding ortho intramolecular Hbond substituents is 1. The van der Waals surface area contributed by atoms with E-state index < -0.39 is 58.7 Å². The SMILES string of the molecule is CC(C)(C)OC(=O)NC(Cc1ccccc1)C(=O)N(C(C(=O)NC(Cc1ccccc1)C(=O)OC(C)(C)C)c1ccc(O)cc1)C(C)(C)C. The Morgan fingerprint density at radius 2 is 1.12 bits per heavy atom. The van der Waals surface area contributed by atoms with Crippen LogP contribution < -0.4 is 10.6 Å². The summed E-state index contributed by atoms with van der Waals surface area (Å²) in [5, 5.41) is 15.8. The van der Waals surface area contributed by atoms with Crippen molar-refractivity contribution in [2.75, 3.05) is 0 Å². The summed E-state index contributed by atoms with van der Waals surface area (Å²) in [5.74, 6) is -1.85. The molecular formula is C39H51N3O7. The Hall–Kier alpha value is -4.86. The molecule has 10 nitrogen and oxygen atoms in total. The van der Waals surface area contributed by atoms with Gasteiger partial charge in [-0.2, -0.15) is 0 Å². The average molecular weight is 674 g/mol. The van der Waals surface area contributed by atoms with Crippen molar-refractivity contribution in [3.8, 4) is 5.75 Å². The fourth-order valence-electron chi connectivity index (χ4n) is 5.25. The zero-order chi connectivity index (χ0) is 36.6. The smallest absolute Gasteiger partial charge is 0.408 e. The van der Waals surface area contributed by atoms with E-state index >= 15 is 0 Å². The summed E-state index contributed by atoms with van der Waals surface area (Å²) >= 11 is 0. The van der Waals surface area contributed by atoms with Crippen molar-refractivity contribution in [2.45, 2.75) is 110 Å². The molecule has 0 aliphatic carbocycles. The quantitative estimate of drug-likeness (QED) is 0.205. The summed E-state index contributed by atoms with van der Waals surface area (Å²) in [7, 11) is 0. The average Bonchev–Trinajstić information content (AvgIpc) is 2.98. The lowest BCUT2D eigenvalue weighted by molar-refractivity contribution is -0.159. The molecule has 0 radical (unpaired) electrons. The van der Waals surface area contributed by atoms with Crippen LogP contribution in [0.2, 0.25) is 0 Å². The van der Waals surface area contributed by atoms with Crippen molar-refractivity contribution in [2.24, 2.45) is 0 Å². The number of nitrogens with one attached hydrogen (secondary N) is 2. The molecule has 3 rings (SSSR count). The number of amides is 3. The molecule has 0 spiro atoms. The molecule has 0 saturated carbocycles. The van der Waals surface area contributed by atoms with E-state index in [0.29, 0.717) is 5.56 Å². The second-order valence-electron chi connectivity index (χ2n) is 15.0. The van der Waals surface area contributed by atoms with Gasteiger partial charge in [-0.05, 0) is 91.1 Å². The van der Waals surface area contributed by atoms with Crippen LogP contribution in [0.4, 0.5) is 4.79 Å². The molecule has 0 fully saturated rings.